The van der Waals surface area contributed by atoms with Gasteiger partial charge in [0.25, 0.3) is 0 Å². The molecule has 0 aromatic heterocycles. The molecule has 3 aliphatic carbocycles. The monoisotopic (exact) mass is 405 g/mol. The van der Waals surface area contributed by atoms with Crippen LogP contribution in [0.3, 0.4) is 0 Å². The van der Waals surface area contributed by atoms with E-state index in [0.717, 1.165) is 17.9 Å². The summed E-state index contributed by atoms with van der Waals surface area (Å²) < 4.78 is 12.1. The van der Waals surface area contributed by atoms with Gasteiger partial charge in [-0.3, -0.25) is 0 Å². The maximum absolute atomic E-state index is 12.1. The smallest absolute Gasteiger partial charge is 0.123 e. The standard InChI is InChI=1S/C21H29N.C7H7F/c1-4-5-7-15-10-11-16-18(13-15)17-8-6-9-20-21(17)19(16)12-14(2)22(20)3;1-6-2-4-7(8)5-3-6/h8,15,19H,2,4-7,9-13H2,1,3H3;2-5H,1H3. The number of halogens is 1. The van der Waals surface area contributed by atoms with Gasteiger partial charge in [-0.25, -0.2) is 4.39 Å². The predicted octanol–water partition coefficient (Wildman–Crippen LogP) is 7.86. The first kappa shape index (κ1) is 21.2. The number of benzene rings is 1. The Labute approximate surface area is 182 Å². The van der Waals surface area contributed by atoms with Gasteiger partial charge in [-0.2, -0.15) is 0 Å². The molecule has 30 heavy (non-hydrogen) atoms. The van der Waals surface area contributed by atoms with E-state index in [9.17, 15) is 4.39 Å². The summed E-state index contributed by atoms with van der Waals surface area (Å²) in [5.41, 5.74) is 10.9. The van der Waals surface area contributed by atoms with E-state index in [-0.39, 0.29) is 5.82 Å². The lowest BCUT2D eigenvalue weighted by Gasteiger charge is -2.37. The third-order valence-corrected chi connectivity index (χ3v) is 7.42. The van der Waals surface area contributed by atoms with E-state index in [1.807, 2.05) is 6.92 Å². The van der Waals surface area contributed by atoms with Crippen LogP contribution in [0.25, 0.3) is 0 Å². The summed E-state index contributed by atoms with van der Waals surface area (Å²) in [6.07, 6.45) is 14.4. The Balaban J connectivity index is 0.000000230. The lowest BCUT2D eigenvalue weighted by Crippen LogP contribution is -2.28. The van der Waals surface area contributed by atoms with Gasteiger partial charge < -0.3 is 4.90 Å². The molecule has 2 heteroatoms. The topological polar surface area (TPSA) is 3.24 Å². The normalized spacial score (nSPS) is 24.9. The van der Waals surface area contributed by atoms with Crippen LogP contribution < -0.4 is 0 Å². The fourth-order valence-corrected chi connectivity index (χ4v) is 5.71. The Morgan fingerprint density at radius 1 is 1.13 bits per heavy atom. The molecule has 0 radical (unpaired) electrons. The van der Waals surface area contributed by atoms with Crippen molar-refractivity contribution in [1.82, 2.24) is 4.90 Å². The van der Waals surface area contributed by atoms with Gasteiger partial charge in [0, 0.05) is 24.4 Å². The maximum atomic E-state index is 12.1. The summed E-state index contributed by atoms with van der Waals surface area (Å²) >= 11 is 0. The van der Waals surface area contributed by atoms with Gasteiger partial charge in [0.2, 0.25) is 0 Å². The summed E-state index contributed by atoms with van der Waals surface area (Å²) in [5.74, 6) is 1.45. The molecule has 0 bridgehead atoms. The molecule has 0 spiro atoms. The van der Waals surface area contributed by atoms with Crippen LogP contribution >= 0.6 is 0 Å². The highest BCUT2D eigenvalue weighted by atomic mass is 19.1. The molecular formula is C28H36FN. The first-order valence-electron chi connectivity index (χ1n) is 11.8. The average molecular weight is 406 g/mol. The van der Waals surface area contributed by atoms with Gasteiger partial charge in [0.15, 0.2) is 0 Å². The van der Waals surface area contributed by atoms with Crippen molar-refractivity contribution in [1.29, 1.82) is 0 Å². The van der Waals surface area contributed by atoms with E-state index in [2.05, 4.69) is 31.5 Å². The molecule has 1 aromatic rings. The zero-order chi connectivity index (χ0) is 21.3. The predicted molar refractivity (Wildman–Crippen MR) is 124 cm³/mol. The Kier molecular flexibility index (Phi) is 6.32. The third kappa shape index (κ3) is 4.06. The van der Waals surface area contributed by atoms with Crippen LogP contribution in [0.2, 0.25) is 0 Å². The van der Waals surface area contributed by atoms with Crippen molar-refractivity contribution in [2.24, 2.45) is 11.8 Å². The van der Waals surface area contributed by atoms with Crippen molar-refractivity contribution in [3.8, 4) is 0 Å². The van der Waals surface area contributed by atoms with Crippen LogP contribution in [-0.2, 0) is 0 Å². The van der Waals surface area contributed by atoms with Crippen molar-refractivity contribution in [2.75, 3.05) is 7.05 Å². The lowest BCUT2D eigenvalue weighted by atomic mass is 9.79. The van der Waals surface area contributed by atoms with Crippen molar-refractivity contribution in [2.45, 2.75) is 71.6 Å². The van der Waals surface area contributed by atoms with Gasteiger partial charge in [0.05, 0.1) is 0 Å². The van der Waals surface area contributed by atoms with Gasteiger partial charge >= 0.3 is 0 Å². The van der Waals surface area contributed by atoms with Gasteiger partial charge in [-0.15, -0.1) is 0 Å². The largest absolute Gasteiger partial charge is 0.352 e. The molecule has 2 unspecified atom stereocenters. The fourth-order valence-electron chi connectivity index (χ4n) is 5.71. The van der Waals surface area contributed by atoms with Gasteiger partial charge in [-0.05, 0) is 80.2 Å². The molecule has 1 heterocycles. The Bertz CT molecular complexity index is 878. The molecule has 0 saturated heterocycles. The van der Waals surface area contributed by atoms with E-state index < -0.39 is 0 Å². The maximum Gasteiger partial charge on any atom is 0.123 e. The number of allylic oxidation sites excluding steroid dienone is 7. The Hall–Kier alpha value is -2.09. The zero-order valence-electron chi connectivity index (χ0n) is 18.9. The van der Waals surface area contributed by atoms with Crippen LogP contribution in [0.4, 0.5) is 4.39 Å². The van der Waals surface area contributed by atoms with Crippen molar-refractivity contribution < 1.29 is 4.39 Å². The quantitative estimate of drug-likeness (QED) is 0.495. The number of unbranched alkanes of at least 4 members (excludes halogenated alkanes) is 1. The molecular weight excluding hydrogens is 369 g/mol. The molecule has 0 fully saturated rings. The number of fused-ring (bicyclic) bond motifs is 2. The summed E-state index contributed by atoms with van der Waals surface area (Å²) in [6, 6.07) is 6.40. The fraction of sp³-hybridized carbons (Fsp3) is 0.500. The minimum atomic E-state index is -0.171. The Morgan fingerprint density at radius 3 is 2.60 bits per heavy atom. The zero-order valence-corrected chi connectivity index (χ0v) is 18.9. The van der Waals surface area contributed by atoms with Crippen molar-refractivity contribution >= 4 is 0 Å². The molecule has 1 aliphatic heterocycles. The third-order valence-electron chi connectivity index (χ3n) is 7.42. The number of hydrogen-bond acceptors (Lipinski definition) is 1. The van der Waals surface area contributed by atoms with Gasteiger partial charge in [-0.1, -0.05) is 62.1 Å². The van der Waals surface area contributed by atoms with Crippen LogP contribution in [0.5, 0.6) is 0 Å². The molecule has 160 valence electrons. The number of aryl methyl sites for hydroxylation is 1. The number of nitrogens with zero attached hydrogens (tertiary/aromatic N) is 1. The van der Waals surface area contributed by atoms with Crippen LogP contribution in [0.15, 0.2) is 70.6 Å². The van der Waals surface area contributed by atoms with E-state index in [0.29, 0.717) is 5.92 Å². The number of hydrogen-bond donors (Lipinski definition) is 0. The lowest BCUT2D eigenvalue weighted by molar-refractivity contribution is 0.390. The Morgan fingerprint density at radius 2 is 1.90 bits per heavy atom. The minimum absolute atomic E-state index is 0.171. The second-order valence-corrected chi connectivity index (χ2v) is 9.45. The molecule has 0 N–H and O–H groups in total. The summed E-state index contributed by atoms with van der Waals surface area (Å²) in [7, 11) is 2.23. The first-order valence-corrected chi connectivity index (χ1v) is 11.8. The van der Waals surface area contributed by atoms with Crippen LogP contribution in [0, 0.1) is 24.6 Å². The van der Waals surface area contributed by atoms with Crippen molar-refractivity contribution in [3.63, 3.8) is 0 Å². The summed E-state index contributed by atoms with van der Waals surface area (Å²) in [5, 5.41) is 0. The summed E-state index contributed by atoms with van der Waals surface area (Å²) in [4.78, 5) is 2.39. The molecule has 4 aliphatic rings. The summed E-state index contributed by atoms with van der Waals surface area (Å²) in [6.45, 7) is 8.60. The molecule has 5 rings (SSSR count). The molecule has 0 saturated carbocycles. The second-order valence-electron chi connectivity index (χ2n) is 9.45. The van der Waals surface area contributed by atoms with Gasteiger partial charge in [0.1, 0.15) is 5.82 Å². The van der Waals surface area contributed by atoms with Crippen molar-refractivity contribution in [3.05, 3.63) is 82.0 Å². The molecule has 1 aromatic carbocycles. The molecule has 0 amide bonds. The van der Waals surface area contributed by atoms with E-state index in [4.69, 9.17) is 0 Å². The highest BCUT2D eigenvalue weighted by molar-refractivity contribution is 5.64. The average Bonchev–Trinajstić information content (AvgIpc) is 3.07. The van der Waals surface area contributed by atoms with Crippen LogP contribution in [0.1, 0.15) is 70.3 Å². The highest BCUT2D eigenvalue weighted by Crippen LogP contribution is 2.56. The van der Waals surface area contributed by atoms with Crippen LogP contribution in [-0.4, -0.2) is 11.9 Å². The molecule has 2 atom stereocenters. The first-order chi connectivity index (χ1) is 14.5. The van der Waals surface area contributed by atoms with E-state index >= 15 is 0 Å². The van der Waals surface area contributed by atoms with E-state index in [1.165, 1.54) is 69.2 Å². The van der Waals surface area contributed by atoms with E-state index in [1.54, 1.807) is 40.1 Å². The second kappa shape index (κ2) is 8.96. The SMILES string of the molecule is C=C1CC2C3=C(CC(CCCC)CC3)C3=CCCC(=C32)N1C.Cc1ccc(F)cc1. The number of rotatable bonds is 3. The molecule has 1 nitrogen and oxygen atoms in total. The minimum Gasteiger partial charge on any atom is -0.352 e. The highest BCUT2D eigenvalue weighted by Gasteiger charge is 2.42.